The second kappa shape index (κ2) is 7.91. The number of carbonyl (C=O) groups excluding carboxylic acids is 2. The molecule has 0 fully saturated rings. The molecule has 0 heterocycles. The zero-order chi connectivity index (χ0) is 18.6. The molecule has 0 saturated heterocycles. The molecule has 0 radical (unpaired) electrons. The summed E-state index contributed by atoms with van der Waals surface area (Å²) in [6, 6.07) is 6.97. The average Bonchev–Trinajstić information content (AvgIpc) is 2.54. The van der Waals surface area contributed by atoms with Gasteiger partial charge in [0.2, 0.25) is 0 Å². The summed E-state index contributed by atoms with van der Waals surface area (Å²) in [6.07, 6.45) is 0. The van der Waals surface area contributed by atoms with E-state index in [1.54, 1.807) is 0 Å². The number of benzene rings is 2. The van der Waals surface area contributed by atoms with E-state index in [-0.39, 0.29) is 15.7 Å². The predicted octanol–water partition coefficient (Wildman–Crippen LogP) is 3.84. The molecule has 0 atom stereocenters. The van der Waals surface area contributed by atoms with E-state index in [4.69, 9.17) is 23.2 Å². The Hall–Kier alpha value is -2.71. The third kappa shape index (κ3) is 4.88. The van der Waals surface area contributed by atoms with Gasteiger partial charge in [0.25, 0.3) is 11.6 Å². The van der Waals surface area contributed by atoms with Gasteiger partial charge in [-0.25, -0.2) is 9.18 Å². The van der Waals surface area contributed by atoms with Crippen molar-refractivity contribution in [1.82, 2.24) is 0 Å². The van der Waals surface area contributed by atoms with Crippen LogP contribution in [0.2, 0.25) is 10.0 Å². The van der Waals surface area contributed by atoms with Crippen LogP contribution in [0.4, 0.5) is 15.8 Å². The molecule has 25 heavy (non-hydrogen) atoms. The highest BCUT2D eigenvalue weighted by atomic mass is 35.5. The highest BCUT2D eigenvalue weighted by Crippen LogP contribution is 2.27. The first-order valence-corrected chi connectivity index (χ1v) is 7.39. The van der Waals surface area contributed by atoms with Crippen LogP contribution in [-0.4, -0.2) is 23.4 Å². The number of nitro benzene ring substituents is 1. The Morgan fingerprint density at radius 2 is 1.80 bits per heavy atom. The normalized spacial score (nSPS) is 10.2. The lowest BCUT2D eigenvalue weighted by atomic mass is 10.2. The number of amides is 1. The Kier molecular flexibility index (Phi) is 5.89. The summed E-state index contributed by atoms with van der Waals surface area (Å²) >= 11 is 11.2. The molecular weight excluding hydrogens is 378 g/mol. The molecule has 0 aliphatic carbocycles. The van der Waals surface area contributed by atoms with Crippen molar-refractivity contribution < 1.29 is 23.6 Å². The first kappa shape index (κ1) is 18.6. The quantitative estimate of drug-likeness (QED) is 0.478. The maximum absolute atomic E-state index is 13.6. The monoisotopic (exact) mass is 386 g/mol. The Morgan fingerprint density at radius 1 is 1.16 bits per heavy atom. The predicted molar refractivity (Wildman–Crippen MR) is 88.4 cm³/mol. The number of nitrogens with one attached hydrogen (secondary N) is 1. The molecule has 1 amide bonds. The van der Waals surface area contributed by atoms with E-state index in [0.29, 0.717) is 0 Å². The van der Waals surface area contributed by atoms with E-state index in [0.717, 1.165) is 18.2 Å². The lowest BCUT2D eigenvalue weighted by molar-refractivity contribution is -0.383. The Balaban J connectivity index is 2.01. The Morgan fingerprint density at radius 3 is 2.44 bits per heavy atom. The van der Waals surface area contributed by atoms with Crippen molar-refractivity contribution in [2.24, 2.45) is 0 Å². The van der Waals surface area contributed by atoms with Crippen molar-refractivity contribution in [3.8, 4) is 0 Å². The number of hydrogen-bond acceptors (Lipinski definition) is 5. The number of nitro groups is 1. The number of rotatable bonds is 5. The second-order valence-corrected chi connectivity index (χ2v) is 5.54. The van der Waals surface area contributed by atoms with Crippen molar-refractivity contribution in [1.29, 1.82) is 0 Å². The summed E-state index contributed by atoms with van der Waals surface area (Å²) in [5.74, 6) is -2.81. The molecule has 2 rings (SSSR count). The summed E-state index contributed by atoms with van der Waals surface area (Å²) in [5, 5.41) is 13.4. The van der Waals surface area contributed by atoms with E-state index < -0.39 is 40.5 Å². The average molecular weight is 387 g/mol. The van der Waals surface area contributed by atoms with E-state index in [1.165, 1.54) is 18.2 Å². The van der Waals surface area contributed by atoms with Gasteiger partial charge in [-0.15, -0.1) is 0 Å². The van der Waals surface area contributed by atoms with Crippen LogP contribution in [0.15, 0.2) is 36.4 Å². The zero-order valence-corrected chi connectivity index (χ0v) is 13.8. The van der Waals surface area contributed by atoms with Gasteiger partial charge >= 0.3 is 5.97 Å². The summed E-state index contributed by atoms with van der Waals surface area (Å²) in [6.45, 7) is -0.763. The zero-order valence-electron chi connectivity index (χ0n) is 12.3. The van der Waals surface area contributed by atoms with Crippen molar-refractivity contribution in [2.75, 3.05) is 11.9 Å². The minimum atomic E-state index is -1.07. The van der Waals surface area contributed by atoms with E-state index in [2.05, 4.69) is 10.1 Å². The maximum atomic E-state index is 13.6. The van der Waals surface area contributed by atoms with Crippen LogP contribution < -0.4 is 5.32 Å². The first-order chi connectivity index (χ1) is 11.8. The largest absolute Gasteiger partial charge is 0.452 e. The van der Waals surface area contributed by atoms with Crippen molar-refractivity contribution >= 4 is 46.5 Å². The van der Waals surface area contributed by atoms with Gasteiger partial charge in [-0.05, 0) is 30.3 Å². The van der Waals surface area contributed by atoms with Crippen LogP contribution in [0.3, 0.4) is 0 Å². The van der Waals surface area contributed by atoms with Gasteiger partial charge in [-0.1, -0.05) is 23.2 Å². The molecule has 7 nitrogen and oxygen atoms in total. The fraction of sp³-hybridized carbons (Fsp3) is 0.0667. The highest BCUT2D eigenvalue weighted by Gasteiger charge is 2.19. The SMILES string of the molecule is O=C(COC(=O)c1ccc(Cl)cc1F)Nc1ccc(Cl)cc1[N+](=O)[O-]. The van der Waals surface area contributed by atoms with Crippen molar-refractivity contribution in [2.45, 2.75) is 0 Å². The minimum Gasteiger partial charge on any atom is -0.452 e. The van der Waals surface area contributed by atoms with Crippen LogP contribution in [-0.2, 0) is 9.53 Å². The van der Waals surface area contributed by atoms with Crippen LogP contribution in [0, 0.1) is 15.9 Å². The van der Waals surface area contributed by atoms with Crippen LogP contribution in [0.1, 0.15) is 10.4 Å². The molecule has 0 bridgehead atoms. The van der Waals surface area contributed by atoms with Gasteiger partial charge < -0.3 is 10.1 Å². The number of halogens is 3. The van der Waals surface area contributed by atoms with Crippen LogP contribution in [0.5, 0.6) is 0 Å². The molecule has 0 aromatic heterocycles. The molecule has 1 N–H and O–H groups in total. The third-order valence-electron chi connectivity index (χ3n) is 2.92. The van der Waals surface area contributed by atoms with E-state index in [9.17, 15) is 24.1 Å². The first-order valence-electron chi connectivity index (χ1n) is 6.64. The summed E-state index contributed by atoms with van der Waals surface area (Å²) in [7, 11) is 0. The number of ether oxygens (including phenoxy) is 1. The molecule has 130 valence electrons. The molecule has 0 aliphatic rings. The molecule has 2 aromatic carbocycles. The third-order valence-corrected chi connectivity index (χ3v) is 3.39. The smallest absolute Gasteiger partial charge is 0.341 e. The number of hydrogen-bond donors (Lipinski definition) is 1. The van der Waals surface area contributed by atoms with Gasteiger partial charge in [0.15, 0.2) is 6.61 Å². The van der Waals surface area contributed by atoms with E-state index >= 15 is 0 Å². The van der Waals surface area contributed by atoms with Gasteiger partial charge in [-0.2, -0.15) is 0 Å². The summed E-state index contributed by atoms with van der Waals surface area (Å²) in [4.78, 5) is 33.7. The van der Waals surface area contributed by atoms with Gasteiger partial charge in [-0.3, -0.25) is 14.9 Å². The lowest BCUT2D eigenvalue weighted by Crippen LogP contribution is -2.21. The molecular formula is C15H9Cl2FN2O5. The number of nitrogens with zero attached hydrogens (tertiary/aromatic N) is 1. The van der Waals surface area contributed by atoms with E-state index in [1.807, 2.05) is 0 Å². The summed E-state index contributed by atoms with van der Waals surface area (Å²) < 4.78 is 18.3. The lowest BCUT2D eigenvalue weighted by Gasteiger charge is -2.08. The number of anilines is 1. The maximum Gasteiger partial charge on any atom is 0.341 e. The second-order valence-electron chi connectivity index (χ2n) is 4.67. The van der Waals surface area contributed by atoms with Gasteiger partial charge in [0.1, 0.15) is 11.5 Å². The molecule has 0 unspecified atom stereocenters. The fourth-order valence-corrected chi connectivity index (χ4v) is 2.14. The minimum absolute atomic E-state index is 0.0989. The van der Waals surface area contributed by atoms with Crippen LogP contribution >= 0.6 is 23.2 Å². The van der Waals surface area contributed by atoms with Gasteiger partial charge in [0, 0.05) is 16.1 Å². The highest BCUT2D eigenvalue weighted by molar-refractivity contribution is 6.31. The molecule has 10 heteroatoms. The molecule has 0 spiro atoms. The van der Waals surface area contributed by atoms with Crippen LogP contribution in [0.25, 0.3) is 0 Å². The standard InChI is InChI=1S/C15H9Cl2FN2O5/c16-8-1-3-10(11(18)5-8)15(22)25-7-14(21)19-12-4-2-9(17)6-13(12)20(23)24/h1-6H,7H2,(H,19,21). The fourth-order valence-electron chi connectivity index (χ4n) is 1.81. The van der Waals surface area contributed by atoms with Crippen molar-refractivity contribution in [3.05, 3.63) is 67.9 Å². The Labute approximate surface area is 150 Å². The molecule has 0 aliphatic heterocycles. The topological polar surface area (TPSA) is 98.5 Å². The summed E-state index contributed by atoms with van der Waals surface area (Å²) in [5.41, 5.74) is -0.932. The molecule has 0 saturated carbocycles. The Bertz CT molecular complexity index is 860. The number of carbonyl (C=O) groups is 2. The molecule has 2 aromatic rings. The number of esters is 1. The van der Waals surface area contributed by atoms with Crippen molar-refractivity contribution in [3.63, 3.8) is 0 Å². The van der Waals surface area contributed by atoms with Gasteiger partial charge in [0.05, 0.1) is 10.5 Å².